The minimum atomic E-state index is -0.0938. The number of hydrazine groups is 1. The Morgan fingerprint density at radius 2 is 2.40 bits per heavy atom. The molecule has 2 heterocycles. The van der Waals surface area contributed by atoms with Crippen molar-refractivity contribution < 1.29 is 0 Å². The van der Waals surface area contributed by atoms with Crippen molar-refractivity contribution in [2.24, 2.45) is 12.9 Å². The second kappa shape index (κ2) is 4.32. The van der Waals surface area contributed by atoms with E-state index in [1.807, 2.05) is 29.9 Å². The molecule has 0 spiro atoms. The lowest BCUT2D eigenvalue weighted by atomic mass is 10.2. The lowest BCUT2D eigenvalue weighted by Crippen LogP contribution is -2.28. The molecule has 1 unspecified atom stereocenters. The van der Waals surface area contributed by atoms with Crippen LogP contribution in [0.25, 0.3) is 0 Å². The lowest BCUT2D eigenvalue weighted by molar-refractivity contribution is 0.632. The van der Waals surface area contributed by atoms with E-state index in [1.54, 1.807) is 6.33 Å². The summed E-state index contributed by atoms with van der Waals surface area (Å²) in [6, 6.07) is 3.71. The van der Waals surface area contributed by atoms with Crippen molar-refractivity contribution in [3.63, 3.8) is 0 Å². The van der Waals surface area contributed by atoms with Gasteiger partial charge in [0.15, 0.2) is 0 Å². The lowest BCUT2D eigenvalue weighted by Gasteiger charge is -2.10. The predicted molar refractivity (Wildman–Crippen MR) is 61.7 cm³/mol. The highest BCUT2D eigenvalue weighted by Crippen LogP contribution is 2.29. The van der Waals surface area contributed by atoms with Crippen molar-refractivity contribution in [3.05, 3.63) is 39.6 Å². The van der Waals surface area contributed by atoms with Crippen LogP contribution in [-0.4, -0.2) is 9.55 Å². The van der Waals surface area contributed by atoms with E-state index in [0.29, 0.717) is 0 Å². The van der Waals surface area contributed by atoms with Crippen molar-refractivity contribution in [3.8, 4) is 0 Å². The molecule has 6 heteroatoms. The molecule has 0 bridgehead atoms. The fourth-order valence-electron chi connectivity index (χ4n) is 1.38. The third-order valence-electron chi connectivity index (χ3n) is 2.07. The first-order valence-corrected chi connectivity index (χ1v) is 5.59. The highest BCUT2D eigenvalue weighted by Gasteiger charge is 2.16. The Hall–Kier alpha value is -0.880. The van der Waals surface area contributed by atoms with Crippen LogP contribution in [-0.2, 0) is 7.05 Å². The van der Waals surface area contributed by atoms with E-state index < -0.39 is 0 Å². The van der Waals surface area contributed by atoms with E-state index in [0.717, 1.165) is 14.9 Å². The number of nitrogens with two attached hydrogens (primary N) is 1. The number of nitrogens with one attached hydrogen (secondary N) is 1. The molecule has 2 aromatic heterocycles. The van der Waals surface area contributed by atoms with E-state index in [9.17, 15) is 0 Å². The molecule has 0 aromatic carbocycles. The smallest absolute Gasteiger partial charge is 0.0989 e. The molecule has 0 fully saturated rings. The summed E-state index contributed by atoms with van der Waals surface area (Å²) in [7, 11) is 1.92. The summed E-state index contributed by atoms with van der Waals surface area (Å²) in [6.45, 7) is 0. The number of aryl methyl sites for hydroxylation is 1. The van der Waals surface area contributed by atoms with Crippen molar-refractivity contribution in [1.29, 1.82) is 0 Å². The maximum Gasteiger partial charge on any atom is 0.0989 e. The fraction of sp³-hybridized carbons (Fsp3) is 0.222. The zero-order chi connectivity index (χ0) is 10.8. The van der Waals surface area contributed by atoms with Crippen molar-refractivity contribution in [2.45, 2.75) is 6.04 Å². The third kappa shape index (κ3) is 2.21. The highest BCUT2D eigenvalue weighted by molar-refractivity contribution is 7.16. The van der Waals surface area contributed by atoms with E-state index in [1.165, 1.54) is 11.3 Å². The first-order valence-electron chi connectivity index (χ1n) is 4.40. The average Bonchev–Trinajstić information content (AvgIpc) is 2.78. The second-order valence-electron chi connectivity index (χ2n) is 3.21. The summed E-state index contributed by atoms with van der Waals surface area (Å²) in [5.41, 5.74) is 3.62. The number of imidazole rings is 1. The molecule has 0 amide bonds. The van der Waals surface area contributed by atoms with Gasteiger partial charge >= 0.3 is 0 Å². The summed E-state index contributed by atoms with van der Waals surface area (Å²) in [6.07, 6.45) is 3.67. The Kier molecular flexibility index (Phi) is 3.06. The van der Waals surface area contributed by atoms with Gasteiger partial charge in [-0.05, 0) is 12.1 Å². The summed E-state index contributed by atoms with van der Waals surface area (Å²) >= 11 is 7.38. The molecule has 0 aliphatic heterocycles. The van der Waals surface area contributed by atoms with E-state index >= 15 is 0 Å². The minimum absolute atomic E-state index is 0.0938. The molecule has 0 aliphatic carbocycles. The number of halogens is 1. The Balaban J connectivity index is 2.32. The summed E-state index contributed by atoms with van der Waals surface area (Å²) in [5.74, 6) is 5.52. The fourth-order valence-corrected chi connectivity index (χ4v) is 2.51. The minimum Gasteiger partial charge on any atom is -0.340 e. The number of hydrogen-bond donors (Lipinski definition) is 2. The van der Waals surface area contributed by atoms with Gasteiger partial charge in [0.25, 0.3) is 0 Å². The largest absolute Gasteiger partial charge is 0.340 e. The van der Waals surface area contributed by atoms with Gasteiger partial charge in [0.2, 0.25) is 0 Å². The van der Waals surface area contributed by atoms with Gasteiger partial charge in [-0.2, -0.15) is 0 Å². The Morgan fingerprint density at radius 3 is 2.87 bits per heavy atom. The molecular weight excluding hydrogens is 232 g/mol. The molecule has 15 heavy (non-hydrogen) atoms. The van der Waals surface area contributed by atoms with Gasteiger partial charge in [-0.3, -0.25) is 5.84 Å². The van der Waals surface area contributed by atoms with E-state index in [4.69, 9.17) is 17.4 Å². The molecule has 0 saturated carbocycles. The van der Waals surface area contributed by atoms with Gasteiger partial charge < -0.3 is 4.57 Å². The number of thiophene rings is 1. The molecule has 4 nitrogen and oxygen atoms in total. The molecule has 0 saturated heterocycles. The monoisotopic (exact) mass is 242 g/mol. The highest BCUT2D eigenvalue weighted by atomic mass is 35.5. The van der Waals surface area contributed by atoms with Crippen molar-refractivity contribution in [2.75, 3.05) is 0 Å². The predicted octanol–water partition coefficient (Wildman–Crippen LogP) is 1.69. The van der Waals surface area contributed by atoms with Gasteiger partial charge in [0.1, 0.15) is 0 Å². The number of rotatable bonds is 3. The second-order valence-corrected chi connectivity index (χ2v) is 4.95. The molecule has 3 N–H and O–H groups in total. The van der Waals surface area contributed by atoms with E-state index in [-0.39, 0.29) is 6.04 Å². The van der Waals surface area contributed by atoms with Crippen LogP contribution in [0.3, 0.4) is 0 Å². The first kappa shape index (κ1) is 10.6. The van der Waals surface area contributed by atoms with Crippen LogP contribution < -0.4 is 11.3 Å². The van der Waals surface area contributed by atoms with E-state index in [2.05, 4.69) is 10.4 Å². The standard InChI is InChI=1S/C9H11ClN4S/c1-14-4-6(12-5-14)9(13-11)7-2-3-8(10)15-7/h2-5,9,13H,11H2,1H3. The van der Waals surface area contributed by atoms with Crippen molar-refractivity contribution >= 4 is 22.9 Å². The molecule has 0 radical (unpaired) electrons. The maximum atomic E-state index is 5.88. The Labute approximate surface area is 96.7 Å². The van der Waals surface area contributed by atoms with Crippen LogP contribution in [0.5, 0.6) is 0 Å². The summed E-state index contributed by atoms with van der Waals surface area (Å²) < 4.78 is 2.63. The topological polar surface area (TPSA) is 55.9 Å². The zero-order valence-corrected chi connectivity index (χ0v) is 9.72. The molecule has 2 rings (SSSR count). The summed E-state index contributed by atoms with van der Waals surface area (Å²) in [4.78, 5) is 5.31. The van der Waals surface area contributed by atoms with Crippen LogP contribution in [0.4, 0.5) is 0 Å². The van der Waals surface area contributed by atoms with Gasteiger partial charge in [0, 0.05) is 18.1 Å². The van der Waals surface area contributed by atoms with Crippen LogP contribution >= 0.6 is 22.9 Å². The molecule has 1 atom stereocenters. The Bertz CT molecular complexity index is 410. The molecular formula is C9H11ClN4S. The normalized spacial score (nSPS) is 13.0. The zero-order valence-electron chi connectivity index (χ0n) is 8.14. The van der Waals surface area contributed by atoms with Gasteiger partial charge in [-0.1, -0.05) is 11.6 Å². The SMILES string of the molecule is Cn1cnc(C(NN)c2ccc(Cl)s2)c1. The van der Waals surface area contributed by atoms with Crippen LogP contribution in [0, 0.1) is 0 Å². The molecule has 2 aromatic rings. The number of hydrogen-bond acceptors (Lipinski definition) is 4. The first-order chi connectivity index (χ1) is 7.20. The third-order valence-corrected chi connectivity index (χ3v) is 3.36. The van der Waals surface area contributed by atoms with Crippen LogP contribution in [0.15, 0.2) is 24.7 Å². The van der Waals surface area contributed by atoms with Crippen molar-refractivity contribution in [1.82, 2.24) is 15.0 Å². The molecule has 80 valence electrons. The van der Waals surface area contributed by atoms with Gasteiger partial charge in [-0.25, -0.2) is 10.4 Å². The van der Waals surface area contributed by atoms with Crippen LogP contribution in [0.2, 0.25) is 4.34 Å². The number of nitrogens with zero attached hydrogens (tertiary/aromatic N) is 2. The average molecular weight is 243 g/mol. The summed E-state index contributed by atoms with van der Waals surface area (Å²) in [5, 5.41) is 0. The number of aromatic nitrogens is 2. The van der Waals surface area contributed by atoms with Crippen LogP contribution in [0.1, 0.15) is 16.6 Å². The van der Waals surface area contributed by atoms with Gasteiger partial charge in [0.05, 0.1) is 22.4 Å². The quantitative estimate of drug-likeness (QED) is 0.636. The van der Waals surface area contributed by atoms with Gasteiger partial charge in [-0.15, -0.1) is 11.3 Å². The Morgan fingerprint density at radius 1 is 1.60 bits per heavy atom. The molecule has 0 aliphatic rings. The maximum absolute atomic E-state index is 5.88.